The Hall–Kier alpha value is -3.75. The van der Waals surface area contributed by atoms with Crippen LogP contribution in [0.15, 0.2) is 66.7 Å². The number of hydrogen-bond donors (Lipinski definition) is 3. The molecule has 8 nitrogen and oxygen atoms in total. The van der Waals surface area contributed by atoms with Gasteiger partial charge in [-0.2, -0.15) is 0 Å². The molecule has 2 aromatic carbocycles. The number of fused-ring (bicyclic) bond motifs is 1. The Balaban J connectivity index is 1.31. The molecule has 0 unspecified atom stereocenters. The molecule has 5 rings (SSSR count). The summed E-state index contributed by atoms with van der Waals surface area (Å²) in [7, 11) is 0. The zero-order valence-electron chi connectivity index (χ0n) is 20.2. The number of rotatable bonds is 6. The predicted molar refractivity (Wildman–Crippen MR) is 137 cm³/mol. The fourth-order valence-corrected chi connectivity index (χ4v) is 5.05. The molecule has 36 heavy (non-hydrogen) atoms. The Morgan fingerprint density at radius 1 is 1.17 bits per heavy atom. The first-order valence-electron chi connectivity index (χ1n) is 12.2. The van der Waals surface area contributed by atoms with E-state index in [1.807, 2.05) is 67.6 Å². The number of nitrogens with zero attached hydrogens (tertiary/aromatic N) is 2. The molecule has 3 N–H and O–H groups in total. The van der Waals surface area contributed by atoms with Gasteiger partial charge < -0.3 is 25.4 Å². The van der Waals surface area contributed by atoms with Gasteiger partial charge in [-0.15, -0.1) is 0 Å². The van der Waals surface area contributed by atoms with Crippen molar-refractivity contribution in [3.63, 3.8) is 0 Å². The predicted octanol–water partition coefficient (Wildman–Crippen LogP) is 2.26. The summed E-state index contributed by atoms with van der Waals surface area (Å²) in [6.07, 6.45) is 2.07. The van der Waals surface area contributed by atoms with Gasteiger partial charge in [0.1, 0.15) is 18.6 Å². The van der Waals surface area contributed by atoms with Crippen LogP contribution in [0, 0.1) is 12.8 Å². The van der Waals surface area contributed by atoms with E-state index < -0.39 is 18.7 Å². The molecule has 0 spiro atoms. The fraction of sp³-hybridized carbons (Fsp3) is 0.321. The monoisotopic (exact) mass is 486 g/mol. The van der Waals surface area contributed by atoms with Crippen LogP contribution >= 0.6 is 0 Å². The van der Waals surface area contributed by atoms with E-state index in [1.165, 1.54) is 0 Å². The highest BCUT2D eigenvalue weighted by Gasteiger charge is 2.42. The first kappa shape index (κ1) is 24.0. The molecule has 0 aliphatic carbocycles. The molecular weight excluding hydrogens is 456 g/mol. The van der Waals surface area contributed by atoms with Crippen LogP contribution in [-0.2, 0) is 9.59 Å². The van der Waals surface area contributed by atoms with Crippen molar-refractivity contribution in [1.82, 2.24) is 20.5 Å². The maximum Gasteiger partial charge on any atom is 0.241 e. The molecule has 186 valence electrons. The van der Waals surface area contributed by atoms with Crippen molar-refractivity contribution in [3.8, 4) is 5.75 Å². The van der Waals surface area contributed by atoms with Crippen molar-refractivity contribution in [2.75, 3.05) is 26.4 Å². The Bertz CT molecular complexity index is 1290. The number of nitrogens with one attached hydrogen (secondary N) is 2. The lowest BCUT2D eigenvalue weighted by molar-refractivity contribution is -0.141. The highest BCUT2D eigenvalue weighted by molar-refractivity contribution is 5.92. The van der Waals surface area contributed by atoms with Crippen LogP contribution in [0.4, 0.5) is 0 Å². The molecule has 2 aliphatic rings. The lowest BCUT2D eigenvalue weighted by atomic mass is 9.87. The molecule has 2 amide bonds. The molecule has 1 fully saturated rings. The third kappa shape index (κ3) is 4.96. The molecule has 3 atom stereocenters. The molecule has 0 radical (unpaired) electrons. The fourth-order valence-electron chi connectivity index (χ4n) is 5.05. The van der Waals surface area contributed by atoms with Gasteiger partial charge in [-0.1, -0.05) is 48.5 Å². The summed E-state index contributed by atoms with van der Waals surface area (Å²) in [5, 5.41) is 16.0. The van der Waals surface area contributed by atoms with Gasteiger partial charge in [0.2, 0.25) is 11.8 Å². The number of aliphatic hydroxyl groups excluding tert-OH is 1. The van der Waals surface area contributed by atoms with Crippen molar-refractivity contribution < 1.29 is 19.4 Å². The number of benzene rings is 2. The number of aromatic nitrogens is 1. The van der Waals surface area contributed by atoms with Crippen LogP contribution in [0.1, 0.15) is 17.7 Å². The zero-order valence-corrected chi connectivity index (χ0v) is 20.2. The van der Waals surface area contributed by atoms with E-state index >= 15 is 0 Å². The zero-order chi connectivity index (χ0) is 25.1. The van der Waals surface area contributed by atoms with Gasteiger partial charge in [-0.05, 0) is 36.6 Å². The molecule has 2 aliphatic heterocycles. The third-order valence-electron chi connectivity index (χ3n) is 6.82. The second-order valence-electron chi connectivity index (χ2n) is 9.26. The molecule has 0 bridgehead atoms. The van der Waals surface area contributed by atoms with E-state index in [0.717, 1.165) is 27.7 Å². The minimum absolute atomic E-state index is 0.126. The number of carbonyl (C=O) groups excluding carboxylic acids is 2. The van der Waals surface area contributed by atoms with Crippen molar-refractivity contribution in [1.29, 1.82) is 0 Å². The third-order valence-corrected chi connectivity index (χ3v) is 6.82. The van der Waals surface area contributed by atoms with E-state index in [4.69, 9.17) is 4.74 Å². The van der Waals surface area contributed by atoms with Gasteiger partial charge in [0.25, 0.3) is 0 Å². The summed E-state index contributed by atoms with van der Waals surface area (Å²) in [5.74, 6) is -0.479. The molecule has 1 saturated heterocycles. The Labute approximate surface area is 210 Å². The van der Waals surface area contributed by atoms with Crippen LogP contribution in [0.5, 0.6) is 5.75 Å². The van der Waals surface area contributed by atoms with Crippen molar-refractivity contribution >= 4 is 28.3 Å². The molecule has 8 heteroatoms. The van der Waals surface area contributed by atoms with Gasteiger partial charge >= 0.3 is 0 Å². The number of aryl methyl sites for hydroxylation is 1. The van der Waals surface area contributed by atoms with Gasteiger partial charge in [0.15, 0.2) is 0 Å². The summed E-state index contributed by atoms with van der Waals surface area (Å²) in [4.78, 5) is 32.8. The second-order valence-corrected chi connectivity index (χ2v) is 9.26. The van der Waals surface area contributed by atoms with E-state index in [2.05, 4.69) is 21.7 Å². The second kappa shape index (κ2) is 10.5. The van der Waals surface area contributed by atoms with E-state index in [9.17, 15) is 14.7 Å². The van der Waals surface area contributed by atoms with Crippen LogP contribution in [0.25, 0.3) is 16.5 Å². The minimum Gasteiger partial charge on any atom is -0.488 e. The van der Waals surface area contributed by atoms with Gasteiger partial charge in [-0.25, -0.2) is 0 Å². The number of aliphatic hydroxyl groups is 1. The minimum atomic E-state index is -0.698. The summed E-state index contributed by atoms with van der Waals surface area (Å²) in [6, 6.07) is 18.9. The summed E-state index contributed by atoms with van der Waals surface area (Å²) in [6.45, 7) is 2.84. The average Bonchev–Trinajstić information content (AvgIpc) is 3.39. The Kier molecular flexibility index (Phi) is 6.97. The molecule has 3 heterocycles. The summed E-state index contributed by atoms with van der Waals surface area (Å²) < 4.78 is 6.36. The van der Waals surface area contributed by atoms with Crippen LogP contribution in [0.2, 0.25) is 0 Å². The van der Waals surface area contributed by atoms with Gasteiger partial charge in [0.05, 0.1) is 17.5 Å². The summed E-state index contributed by atoms with van der Waals surface area (Å²) >= 11 is 0. The van der Waals surface area contributed by atoms with Crippen LogP contribution in [0.3, 0.4) is 0 Å². The highest BCUT2D eigenvalue weighted by Crippen LogP contribution is 2.30. The molecule has 1 aromatic heterocycles. The van der Waals surface area contributed by atoms with Crippen molar-refractivity contribution in [2.45, 2.75) is 25.5 Å². The van der Waals surface area contributed by atoms with E-state index in [1.54, 1.807) is 4.90 Å². The maximum absolute atomic E-state index is 13.5. The number of pyridine rings is 1. The summed E-state index contributed by atoms with van der Waals surface area (Å²) in [5.41, 5.74) is 3.87. The number of amides is 2. The first-order chi connectivity index (χ1) is 17.5. The van der Waals surface area contributed by atoms with Crippen molar-refractivity contribution in [2.24, 2.45) is 5.92 Å². The lowest BCUT2D eigenvalue weighted by Crippen LogP contribution is -2.60. The normalized spacial score (nSPS) is 21.8. The largest absolute Gasteiger partial charge is 0.488 e. The smallest absolute Gasteiger partial charge is 0.241 e. The number of para-hydroxylation sites is 1. The Morgan fingerprint density at radius 3 is 2.75 bits per heavy atom. The van der Waals surface area contributed by atoms with Crippen LogP contribution < -0.4 is 15.4 Å². The van der Waals surface area contributed by atoms with Crippen molar-refractivity contribution in [3.05, 3.63) is 78.0 Å². The van der Waals surface area contributed by atoms with E-state index in [-0.39, 0.29) is 17.9 Å². The SMILES string of the molecule is Cc1cc(O[C@@H]2CN[C@H](C(=O)N3CC=C(c4ccccc4)C3)[C@@H](C(=O)NCO)C2)c2ccccc2n1. The van der Waals surface area contributed by atoms with Crippen LogP contribution in [-0.4, -0.2) is 65.3 Å². The number of piperidine rings is 1. The lowest BCUT2D eigenvalue weighted by Gasteiger charge is -2.37. The average molecular weight is 487 g/mol. The number of carbonyl (C=O) groups is 2. The topological polar surface area (TPSA) is 104 Å². The Morgan fingerprint density at radius 2 is 1.94 bits per heavy atom. The quantitative estimate of drug-likeness (QED) is 0.462. The highest BCUT2D eigenvalue weighted by atomic mass is 16.5. The molecular formula is C28H30N4O4. The molecule has 3 aromatic rings. The number of hydrogen-bond acceptors (Lipinski definition) is 6. The molecule has 0 saturated carbocycles. The maximum atomic E-state index is 13.5. The first-order valence-corrected chi connectivity index (χ1v) is 12.2. The number of ether oxygens (including phenoxy) is 1. The van der Waals surface area contributed by atoms with Gasteiger partial charge in [-0.3, -0.25) is 14.6 Å². The van der Waals surface area contributed by atoms with Gasteiger partial charge in [0, 0.05) is 36.8 Å². The van der Waals surface area contributed by atoms with E-state index in [0.29, 0.717) is 31.8 Å². The standard InChI is InChI=1S/C28H30N4O4/c1-18-13-25(22-9-5-6-10-24(22)31-18)36-21-14-23(27(34)30-17-33)26(29-15-21)28(35)32-12-11-20(16-32)19-7-3-2-4-8-19/h2-11,13,21,23,26,29,33H,12,14-17H2,1H3,(H,30,34)/t21-,23-,26-/m0/s1.